The first-order chi connectivity index (χ1) is 6.83. The molecule has 0 aliphatic carbocycles. The van der Waals surface area contributed by atoms with E-state index >= 15 is 0 Å². The van der Waals surface area contributed by atoms with Gasteiger partial charge in [0.15, 0.2) is 0 Å². The highest BCUT2D eigenvalue weighted by molar-refractivity contribution is 7.95. The van der Waals surface area contributed by atoms with Crippen molar-refractivity contribution in [3.63, 3.8) is 0 Å². The number of aryl methyl sites for hydroxylation is 1. The maximum atomic E-state index is 11.6. The van der Waals surface area contributed by atoms with Crippen molar-refractivity contribution in [2.24, 2.45) is 5.73 Å². The van der Waals surface area contributed by atoms with E-state index in [0.717, 1.165) is 11.5 Å². The van der Waals surface area contributed by atoms with Crippen molar-refractivity contribution >= 4 is 43.9 Å². The zero-order valence-corrected chi connectivity index (χ0v) is 10.5. The fourth-order valence-corrected chi connectivity index (χ4v) is 2.78. The molecule has 6 nitrogen and oxygen atoms in total. The molecular weight excluding hydrogens is 256 g/mol. The summed E-state index contributed by atoms with van der Waals surface area (Å²) in [5.41, 5.74) is 5.26. The Morgan fingerprint density at radius 3 is 2.67 bits per heavy atom. The highest BCUT2D eigenvalue weighted by Gasteiger charge is 2.24. The second-order valence-corrected chi connectivity index (χ2v) is 6.06. The number of nitrogens with two attached hydrogens (primary N) is 1. The number of aromatic nitrogens is 2. The third kappa shape index (κ3) is 3.08. The fourth-order valence-electron chi connectivity index (χ4n) is 0.702. The Hall–Kier alpha value is -0.800. The summed E-state index contributed by atoms with van der Waals surface area (Å²) in [4.78, 5) is 3.79. The van der Waals surface area contributed by atoms with E-state index in [1.807, 2.05) is 0 Å². The Bertz CT molecular complexity index is 466. The minimum Gasteiger partial charge on any atom is -0.392 e. The number of rotatable bonds is 4. The van der Waals surface area contributed by atoms with Crippen LogP contribution >= 0.6 is 23.8 Å². The summed E-state index contributed by atoms with van der Waals surface area (Å²) < 4.78 is 29.3. The smallest absolute Gasteiger partial charge is 0.243 e. The average Bonchev–Trinajstić information content (AvgIpc) is 2.48. The molecule has 0 saturated heterocycles. The van der Waals surface area contributed by atoms with Crippen LogP contribution in [0.1, 0.15) is 12.7 Å². The number of nitrogens with one attached hydrogen (secondary N) is 1. The maximum absolute atomic E-state index is 11.6. The predicted molar refractivity (Wildman–Crippen MR) is 63.4 cm³/mol. The van der Waals surface area contributed by atoms with Crippen LogP contribution in [0.15, 0.2) is 0 Å². The molecule has 0 fully saturated rings. The number of hydrogen-bond acceptors (Lipinski definition) is 6. The minimum absolute atomic E-state index is 0.0799. The van der Waals surface area contributed by atoms with Crippen LogP contribution in [-0.4, -0.2) is 28.0 Å². The first kappa shape index (κ1) is 12.3. The van der Waals surface area contributed by atoms with Crippen molar-refractivity contribution < 1.29 is 8.42 Å². The molecule has 0 amide bonds. The molecule has 1 atom stereocenters. The molecule has 84 valence electrons. The van der Waals surface area contributed by atoms with E-state index in [-0.39, 0.29) is 10.1 Å². The number of sulfonamides is 1. The molecule has 0 spiro atoms. The van der Waals surface area contributed by atoms with Gasteiger partial charge in [-0.25, -0.2) is 13.4 Å². The van der Waals surface area contributed by atoms with E-state index in [2.05, 4.69) is 26.3 Å². The first-order valence-electron chi connectivity index (χ1n) is 3.94. The van der Waals surface area contributed by atoms with Crippen molar-refractivity contribution in [2.45, 2.75) is 19.1 Å². The predicted octanol–water partition coefficient (Wildman–Crippen LogP) is 0.263. The molecule has 1 aromatic rings. The van der Waals surface area contributed by atoms with Crippen molar-refractivity contribution in [3.8, 4) is 0 Å². The highest BCUT2D eigenvalue weighted by atomic mass is 32.2. The van der Waals surface area contributed by atoms with Gasteiger partial charge in [0.1, 0.15) is 11.1 Å². The van der Waals surface area contributed by atoms with Gasteiger partial charge < -0.3 is 5.73 Å². The molecule has 1 heterocycles. The van der Waals surface area contributed by atoms with Gasteiger partial charge in [-0.3, -0.25) is 4.72 Å². The lowest BCUT2D eigenvalue weighted by atomic mass is 10.5. The SMILES string of the molecule is Cc1nsc(NS(=O)(=O)C(C)C(N)=S)n1. The minimum atomic E-state index is -3.61. The number of nitrogens with zero attached hydrogens (tertiary/aromatic N) is 2. The van der Waals surface area contributed by atoms with Gasteiger partial charge in [-0.1, -0.05) is 12.2 Å². The van der Waals surface area contributed by atoms with Crippen molar-refractivity contribution in [3.05, 3.63) is 5.82 Å². The van der Waals surface area contributed by atoms with Crippen molar-refractivity contribution in [1.29, 1.82) is 0 Å². The van der Waals surface area contributed by atoms with Gasteiger partial charge >= 0.3 is 0 Å². The summed E-state index contributed by atoms with van der Waals surface area (Å²) in [5, 5.41) is -0.715. The van der Waals surface area contributed by atoms with E-state index < -0.39 is 15.3 Å². The zero-order chi connectivity index (χ0) is 11.6. The third-order valence-corrected chi connectivity index (χ3v) is 4.64. The van der Waals surface area contributed by atoms with Crippen molar-refractivity contribution in [1.82, 2.24) is 9.36 Å². The highest BCUT2D eigenvalue weighted by Crippen LogP contribution is 2.14. The van der Waals surface area contributed by atoms with Gasteiger partial charge in [0, 0.05) is 11.5 Å². The number of thiocarbonyl (C=S) groups is 1. The summed E-state index contributed by atoms with van der Waals surface area (Å²) >= 11 is 5.58. The van der Waals surface area contributed by atoms with Crippen molar-refractivity contribution in [2.75, 3.05) is 4.72 Å². The monoisotopic (exact) mass is 266 g/mol. The topological polar surface area (TPSA) is 98.0 Å². The molecule has 0 radical (unpaired) electrons. The molecule has 1 unspecified atom stereocenters. The molecule has 9 heteroatoms. The Kier molecular flexibility index (Phi) is 3.58. The van der Waals surface area contributed by atoms with Gasteiger partial charge in [0.25, 0.3) is 0 Å². The van der Waals surface area contributed by atoms with E-state index in [1.165, 1.54) is 6.92 Å². The molecule has 1 rings (SSSR count). The summed E-state index contributed by atoms with van der Waals surface area (Å²) in [6, 6.07) is 0. The molecular formula is C6H10N4O2S3. The number of hydrogen-bond donors (Lipinski definition) is 2. The second-order valence-electron chi connectivity index (χ2n) is 2.84. The average molecular weight is 266 g/mol. The molecule has 15 heavy (non-hydrogen) atoms. The van der Waals surface area contributed by atoms with Crippen LogP contribution in [0.5, 0.6) is 0 Å². The largest absolute Gasteiger partial charge is 0.392 e. The number of anilines is 1. The summed E-state index contributed by atoms with van der Waals surface area (Å²) in [5.74, 6) is 0.515. The van der Waals surface area contributed by atoms with Gasteiger partial charge in [-0.2, -0.15) is 4.37 Å². The molecule has 0 saturated carbocycles. The Labute approximate surface area is 97.1 Å². The molecule has 3 N–H and O–H groups in total. The van der Waals surface area contributed by atoms with Crippen LogP contribution in [0.25, 0.3) is 0 Å². The van der Waals surface area contributed by atoms with Crippen LogP contribution in [-0.2, 0) is 10.0 Å². The lowest BCUT2D eigenvalue weighted by Gasteiger charge is -2.10. The van der Waals surface area contributed by atoms with Gasteiger partial charge in [0.05, 0.1) is 4.99 Å². The van der Waals surface area contributed by atoms with E-state index in [0.29, 0.717) is 5.82 Å². The maximum Gasteiger partial charge on any atom is 0.243 e. The molecule has 0 aliphatic rings. The quantitative estimate of drug-likeness (QED) is 0.759. The lowest BCUT2D eigenvalue weighted by molar-refractivity contribution is 0.598. The summed E-state index contributed by atoms with van der Waals surface area (Å²) in [7, 11) is -3.61. The molecule has 0 aromatic carbocycles. The fraction of sp³-hybridized carbons (Fsp3) is 0.500. The second kappa shape index (κ2) is 4.37. The van der Waals surface area contributed by atoms with Gasteiger partial charge in [-0.05, 0) is 13.8 Å². The third-order valence-electron chi connectivity index (χ3n) is 1.62. The normalized spacial score (nSPS) is 13.5. The molecule has 0 bridgehead atoms. The van der Waals surface area contributed by atoms with E-state index in [9.17, 15) is 8.42 Å². The van der Waals surface area contributed by atoms with Crippen LogP contribution in [0.2, 0.25) is 0 Å². The standard InChI is InChI=1S/C6H10N4O2S3/c1-3(5(7)13)15(11,12)10-6-8-4(2)9-14-6/h3H,1-2H3,(H2,7,13)(H,8,9,10). The van der Waals surface area contributed by atoms with Gasteiger partial charge in [-0.15, -0.1) is 0 Å². The lowest BCUT2D eigenvalue weighted by Crippen LogP contribution is -2.35. The van der Waals surface area contributed by atoms with E-state index in [4.69, 9.17) is 5.73 Å². The molecule has 0 aliphatic heterocycles. The zero-order valence-electron chi connectivity index (χ0n) is 8.09. The van der Waals surface area contributed by atoms with Crippen LogP contribution < -0.4 is 10.5 Å². The molecule has 1 aromatic heterocycles. The first-order valence-corrected chi connectivity index (χ1v) is 6.67. The van der Waals surface area contributed by atoms with E-state index in [1.54, 1.807) is 6.92 Å². The Morgan fingerprint density at radius 2 is 2.27 bits per heavy atom. The van der Waals surface area contributed by atoms with Crippen LogP contribution in [0, 0.1) is 6.92 Å². The van der Waals surface area contributed by atoms with Crippen LogP contribution in [0.3, 0.4) is 0 Å². The van der Waals surface area contributed by atoms with Gasteiger partial charge in [0.2, 0.25) is 15.2 Å². The Balaban J connectivity index is 2.86. The summed E-state index contributed by atoms with van der Waals surface area (Å²) in [6.07, 6.45) is 0. The summed E-state index contributed by atoms with van der Waals surface area (Å²) in [6.45, 7) is 3.09. The van der Waals surface area contributed by atoms with Crippen LogP contribution in [0.4, 0.5) is 5.13 Å². The Morgan fingerprint density at radius 1 is 1.67 bits per heavy atom.